The summed E-state index contributed by atoms with van der Waals surface area (Å²) in [6.45, 7) is 0.261. The van der Waals surface area contributed by atoms with Crippen LogP contribution in [0.2, 0.25) is 5.02 Å². The molecule has 1 saturated heterocycles. The molecule has 0 bridgehead atoms. The molecule has 1 heterocycles. The number of halogens is 2. The summed E-state index contributed by atoms with van der Waals surface area (Å²) in [5.41, 5.74) is 1.02. The van der Waals surface area contributed by atoms with Gasteiger partial charge in [-0.05, 0) is 46.3 Å². The summed E-state index contributed by atoms with van der Waals surface area (Å²) in [6.07, 6.45) is 0.0963. The van der Waals surface area contributed by atoms with Gasteiger partial charge in [-0.15, -0.1) is 0 Å². The van der Waals surface area contributed by atoms with E-state index in [9.17, 15) is 19.7 Å². The van der Waals surface area contributed by atoms with E-state index in [-0.39, 0.29) is 30.5 Å². The second-order valence-corrected chi connectivity index (χ2v) is 7.08. The molecule has 1 fully saturated rings. The fourth-order valence-corrected chi connectivity index (χ4v) is 3.30. The van der Waals surface area contributed by atoms with Gasteiger partial charge in [-0.2, -0.15) is 0 Å². The Morgan fingerprint density at radius 3 is 2.58 bits per heavy atom. The van der Waals surface area contributed by atoms with Crippen LogP contribution in [0.25, 0.3) is 0 Å². The number of nitro groups is 1. The number of anilines is 2. The number of hydrogen-bond donors (Lipinski definition) is 1. The van der Waals surface area contributed by atoms with E-state index in [4.69, 9.17) is 11.6 Å². The molecule has 26 heavy (non-hydrogen) atoms. The molecular formula is C17H13BrClN3O4. The first-order valence-electron chi connectivity index (χ1n) is 7.66. The number of non-ortho nitro benzene ring substituents is 1. The summed E-state index contributed by atoms with van der Waals surface area (Å²) < 4.78 is 0.402. The molecule has 0 spiro atoms. The highest BCUT2D eigenvalue weighted by atomic mass is 79.9. The zero-order chi connectivity index (χ0) is 18.8. The molecule has 3 rings (SSSR count). The Kier molecular flexibility index (Phi) is 5.24. The van der Waals surface area contributed by atoms with Crippen LogP contribution in [-0.2, 0) is 9.59 Å². The fraction of sp³-hybridized carbons (Fsp3) is 0.176. The van der Waals surface area contributed by atoms with Gasteiger partial charge in [0.2, 0.25) is 11.8 Å². The number of hydrogen-bond acceptors (Lipinski definition) is 4. The van der Waals surface area contributed by atoms with Crippen LogP contribution in [-0.4, -0.2) is 23.3 Å². The van der Waals surface area contributed by atoms with Crippen molar-refractivity contribution < 1.29 is 14.5 Å². The molecule has 0 aromatic heterocycles. The first-order chi connectivity index (χ1) is 12.3. The van der Waals surface area contributed by atoms with Gasteiger partial charge < -0.3 is 10.2 Å². The Labute approximate surface area is 162 Å². The second-order valence-electron chi connectivity index (χ2n) is 5.79. The predicted octanol–water partition coefficient (Wildman–Crippen LogP) is 4.00. The minimum Gasteiger partial charge on any atom is -0.325 e. The normalized spacial score (nSPS) is 16.6. The lowest BCUT2D eigenvalue weighted by Gasteiger charge is -2.17. The van der Waals surface area contributed by atoms with Gasteiger partial charge in [0.1, 0.15) is 0 Å². The molecule has 1 aliphatic heterocycles. The summed E-state index contributed by atoms with van der Waals surface area (Å²) in [5.74, 6) is -0.972. The lowest BCUT2D eigenvalue weighted by molar-refractivity contribution is -0.384. The van der Waals surface area contributed by atoms with Gasteiger partial charge in [0.15, 0.2) is 0 Å². The number of amides is 2. The minimum absolute atomic E-state index is 0.0835. The summed E-state index contributed by atoms with van der Waals surface area (Å²) in [6, 6.07) is 10.9. The molecule has 0 unspecified atom stereocenters. The number of benzene rings is 2. The predicted molar refractivity (Wildman–Crippen MR) is 101 cm³/mol. The van der Waals surface area contributed by atoms with Crippen LogP contribution in [0, 0.1) is 16.0 Å². The summed E-state index contributed by atoms with van der Waals surface area (Å²) in [5, 5.41) is 14.0. The van der Waals surface area contributed by atoms with E-state index in [0.717, 1.165) is 0 Å². The maximum atomic E-state index is 12.5. The Balaban J connectivity index is 1.70. The van der Waals surface area contributed by atoms with Crippen molar-refractivity contribution in [1.29, 1.82) is 0 Å². The Morgan fingerprint density at radius 1 is 1.27 bits per heavy atom. The van der Waals surface area contributed by atoms with Crippen molar-refractivity contribution in [2.24, 2.45) is 5.92 Å². The smallest absolute Gasteiger partial charge is 0.270 e. The first-order valence-corrected chi connectivity index (χ1v) is 8.83. The van der Waals surface area contributed by atoms with Crippen LogP contribution >= 0.6 is 27.5 Å². The zero-order valence-electron chi connectivity index (χ0n) is 13.3. The highest BCUT2D eigenvalue weighted by Gasteiger charge is 2.35. The molecule has 0 radical (unpaired) electrons. The molecule has 1 aliphatic rings. The third-order valence-electron chi connectivity index (χ3n) is 4.06. The summed E-state index contributed by atoms with van der Waals surface area (Å²) in [7, 11) is 0. The molecule has 2 amide bonds. The third-order valence-corrected chi connectivity index (χ3v) is 4.96. The average molecular weight is 439 g/mol. The number of carbonyl (C=O) groups is 2. The Hall–Kier alpha value is -2.45. The summed E-state index contributed by atoms with van der Waals surface area (Å²) in [4.78, 5) is 36.5. The van der Waals surface area contributed by atoms with E-state index in [0.29, 0.717) is 20.9 Å². The van der Waals surface area contributed by atoms with Gasteiger partial charge in [-0.3, -0.25) is 19.7 Å². The van der Waals surface area contributed by atoms with E-state index in [1.54, 1.807) is 29.2 Å². The number of nitro benzene ring substituents is 1. The molecule has 0 aliphatic carbocycles. The zero-order valence-corrected chi connectivity index (χ0v) is 15.7. The van der Waals surface area contributed by atoms with Crippen LogP contribution in [0.3, 0.4) is 0 Å². The molecule has 134 valence electrons. The second kappa shape index (κ2) is 7.43. The largest absolute Gasteiger partial charge is 0.325 e. The molecular weight excluding hydrogens is 426 g/mol. The maximum Gasteiger partial charge on any atom is 0.270 e. The average Bonchev–Trinajstić information content (AvgIpc) is 2.99. The van der Waals surface area contributed by atoms with Crippen LogP contribution in [0.1, 0.15) is 6.42 Å². The van der Waals surface area contributed by atoms with Crippen LogP contribution < -0.4 is 10.2 Å². The van der Waals surface area contributed by atoms with Crippen molar-refractivity contribution in [2.75, 3.05) is 16.8 Å². The standard InChI is InChI=1S/C17H13BrClN3O4/c18-14-8-13(22(25)26)5-6-15(14)20-17(24)10-7-16(23)21(9-10)12-3-1-11(19)2-4-12/h1-6,8,10H,7,9H2,(H,20,24)/t10-/m1/s1. The van der Waals surface area contributed by atoms with Crippen molar-refractivity contribution in [3.63, 3.8) is 0 Å². The van der Waals surface area contributed by atoms with Crippen molar-refractivity contribution in [3.05, 3.63) is 62.1 Å². The van der Waals surface area contributed by atoms with Crippen molar-refractivity contribution >= 4 is 56.4 Å². The topological polar surface area (TPSA) is 92.5 Å². The molecule has 0 saturated carbocycles. The lowest BCUT2D eigenvalue weighted by Crippen LogP contribution is -2.28. The fourth-order valence-electron chi connectivity index (χ4n) is 2.71. The van der Waals surface area contributed by atoms with Gasteiger partial charge in [-0.1, -0.05) is 11.6 Å². The number of carbonyl (C=O) groups excluding carboxylic acids is 2. The van der Waals surface area contributed by atoms with Crippen molar-refractivity contribution in [2.45, 2.75) is 6.42 Å². The number of nitrogens with one attached hydrogen (secondary N) is 1. The van der Waals surface area contributed by atoms with Gasteiger partial charge in [-0.25, -0.2) is 0 Å². The highest BCUT2D eigenvalue weighted by Crippen LogP contribution is 2.30. The van der Waals surface area contributed by atoms with E-state index in [1.165, 1.54) is 18.2 Å². The van der Waals surface area contributed by atoms with Crippen molar-refractivity contribution in [1.82, 2.24) is 0 Å². The van der Waals surface area contributed by atoms with Crippen LogP contribution in [0.4, 0.5) is 17.1 Å². The SMILES string of the molecule is O=C(Nc1ccc([N+](=O)[O-])cc1Br)[C@@H]1CC(=O)N(c2ccc(Cl)cc2)C1. The molecule has 7 nitrogen and oxygen atoms in total. The molecule has 1 N–H and O–H groups in total. The minimum atomic E-state index is -0.518. The van der Waals surface area contributed by atoms with Gasteiger partial charge in [0.05, 0.1) is 16.5 Å². The molecule has 1 atom stereocenters. The maximum absolute atomic E-state index is 12.5. The quantitative estimate of drug-likeness (QED) is 0.577. The van der Waals surface area contributed by atoms with Gasteiger partial charge in [0.25, 0.3) is 5.69 Å². The lowest BCUT2D eigenvalue weighted by atomic mass is 10.1. The molecule has 2 aromatic rings. The van der Waals surface area contributed by atoms with Gasteiger partial charge in [0, 0.05) is 40.3 Å². The van der Waals surface area contributed by atoms with E-state index in [2.05, 4.69) is 21.2 Å². The molecule has 2 aromatic carbocycles. The van der Waals surface area contributed by atoms with E-state index < -0.39 is 10.8 Å². The summed E-state index contributed by atoms with van der Waals surface area (Å²) >= 11 is 9.07. The highest BCUT2D eigenvalue weighted by molar-refractivity contribution is 9.10. The monoisotopic (exact) mass is 437 g/mol. The Morgan fingerprint density at radius 2 is 1.96 bits per heavy atom. The van der Waals surface area contributed by atoms with E-state index >= 15 is 0 Å². The number of nitrogens with zero attached hydrogens (tertiary/aromatic N) is 2. The Bertz CT molecular complexity index is 888. The third kappa shape index (κ3) is 3.86. The number of rotatable bonds is 4. The molecule has 9 heteroatoms. The first kappa shape index (κ1) is 18.3. The van der Waals surface area contributed by atoms with Crippen molar-refractivity contribution in [3.8, 4) is 0 Å². The van der Waals surface area contributed by atoms with Gasteiger partial charge >= 0.3 is 0 Å². The van der Waals surface area contributed by atoms with Crippen LogP contribution in [0.15, 0.2) is 46.9 Å². The van der Waals surface area contributed by atoms with Crippen LogP contribution in [0.5, 0.6) is 0 Å². The van der Waals surface area contributed by atoms with E-state index in [1.807, 2.05) is 0 Å².